The maximum Gasteiger partial charge on any atom is 0.412 e. The maximum absolute atomic E-state index is 11.0. The smallest absolute Gasteiger partial charge is 0.412 e. The van der Waals surface area contributed by atoms with Crippen LogP contribution in [0.25, 0.3) is 0 Å². The van der Waals surface area contributed by atoms with Gasteiger partial charge in [0.15, 0.2) is 11.6 Å². The van der Waals surface area contributed by atoms with Crippen LogP contribution in [0.4, 0.5) is 22.1 Å². The van der Waals surface area contributed by atoms with Gasteiger partial charge < -0.3 is 14.8 Å². The average Bonchev–Trinajstić information content (AvgIpc) is 2.51. The number of nitrogens with one attached hydrogen (secondary N) is 2. The molecule has 21 heavy (non-hydrogen) atoms. The first-order valence-electron chi connectivity index (χ1n) is 6.40. The number of ether oxygens (including phenoxy) is 2. The fourth-order valence-electron chi connectivity index (χ4n) is 1.57. The summed E-state index contributed by atoms with van der Waals surface area (Å²) in [7, 11) is 1.28. The second kappa shape index (κ2) is 7.09. The molecule has 7 heteroatoms. The first-order chi connectivity index (χ1) is 10.2. The summed E-state index contributed by atoms with van der Waals surface area (Å²) in [6.07, 6.45) is -0.587. The van der Waals surface area contributed by atoms with Gasteiger partial charge in [-0.15, -0.1) is 10.2 Å². The van der Waals surface area contributed by atoms with Gasteiger partial charge in [0.25, 0.3) is 0 Å². The Morgan fingerprint density at radius 1 is 1.10 bits per heavy atom. The van der Waals surface area contributed by atoms with Crippen LogP contribution in [-0.2, 0) is 4.74 Å². The molecule has 0 aliphatic carbocycles. The van der Waals surface area contributed by atoms with E-state index in [1.165, 1.54) is 7.11 Å². The van der Waals surface area contributed by atoms with Crippen molar-refractivity contribution in [1.82, 2.24) is 10.2 Å². The van der Waals surface area contributed by atoms with Gasteiger partial charge in [-0.1, -0.05) is 0 Å². The second-order valence-corrected chi connectivity index (χ2v) is 4.00. The minimum atomic E-state index is -0.587. The van der Waals surface area contributed by atoms with Crippen molar-refractivity contribution in [2.45, 2.75) is 6.92 Å². The third-order valence-electron chi connectivity index (χ3n) is 2.52. The first kappa shape index (κ1) is 14.6. The van der Waals surface area contributed by atoms with Crippen molar-refractivity contribution in [3.8, 4) is 5.75 Å². The van der Waals surface area contributed by atoms with Crippen molar-refractivity contribution in [3.63, 3.8) is 0 Å². The van der Waals surface area contributed by atoms with E-state index in [4.69, 9.17) is 4.74 Å². The lowest BCUT2D eigenvalue weighted by atomic mass is 10.3. The first-order valence-corrected chi connectivity index (χ1v) is 6.40. The van der Waals surface area contributed by atoms with Crippen LogP contribution in [0.2, 0.25) is 0 Å². The maximum atomic E-state index is 11.0. The summed E-state index contributed by atoms with van der Waals surface area (Å²) in [5.41, 5.74) is 0.862. The highest BCUT2D eigenvalue weighted by molar-refractivity contribution is 5.83. The molecule has 2 rings (SSSR count). The highest BCUT2D eigenvalue weighted by Gasteiger charge is 2.03. The van der Waals surface area contributed by atoms with E-state index in [0.29, 0.717) is 18.2 Å². The van der Waals surface area contributed by atoms with Crippen LogP contribution in [0.5, 0.6) is 5.75 Å². The van der Waals surface area contributed by atoms with E-state index >= 15 is 0 Å². The van der Waals surface area contributed by atoms with E-state index in [2.05, 4.69) is 25.6 Å². The summed E-state index contributed by atoms with van der Waals surface area (Å²) in [6.45, 7) is 2.57. The highest BCUT2D eigenvalue weighted by atomic mass is 16.5. The third-order valence-corrected chi connectivity index (χ3v) is 2.52. The van der Waals surface area contributed by atoms with Crippen LogP contribution in [-0.4, -0.2) is 30.0 Å². The summed E-state index contributed by atoms with van der Waals surface area (Å²) >= 11 is 0. The number of hydrogen-bond acceptors (Lipinski definition) is 6. The van der Waals surface area contributed by atoms with Crippen molar-refractivity contribution in [3.05, 3.63) is 36.4 Å². The van der Waals surface area contributed by atoms with Crippen molar-refractivity contribution in [2.75, 3.05) is 24.4 Å². The molecule has 2 N–H and O–H groups in total. The number of methoxy groups -OCH3 is 1. The number of nitrogens with zero attached hydrogens (tertiary/aromatic N) is 2. The highest BCUT2D eigenvalue weighted by Crippen LogP contribution is 2.19. The second-order valence-electron chi connectivity index (χ2n) is 4.00. The number of anilines is 3. The number of hydrogen-bond donors (Lipinski definition) is 2. The molecular formula is C14H16N4O3. The average molecular weight is 288 g/mol. The van der Waals surface area contributed by atoms with Crippen LogP contribution in [0, 0.1) is 0 Å². The predicted octanol–water partition coefficient (Wildman–Crippen LogP) is 2.80. The van der Waals surface area contributed by atoms with Crippen LogP contribution in [0.1, 0.15) is 6.92 Å². The summed E-state index contributed by atoms with van der Waals surface area (Å²) in [4.78, 5) is 11.0. The van der Waals surface area contributed by atoms with Gasteiger partial charge in [-0.2, -0.15) is 0 Å². The monoisotopic (exact) mass is 288 g/mol. The molecule has 0 aliphatic rings. The predicted molar refractivity (Wildman–Crippen MR) is 79.0 cm³/mol. The normalized spacial score (nSPS) is 9.81. The molecule has 0 unspecified atom stereocenters. The van der Waals surface area contributed by atoms with Gasteiger partial charge >= 0.3 is 6.09 Å². The molecule has 1 amide bonds. The minimum Gasteiger partial charge on any atom is -0.494 e. The minimum absolute atomic E-state index is 0.319. The number of aromatic nitrogens is 2. The van der Waals surface area contributed by atoms with E-state index in [-0.39, 0.29) is 0 Å². The summed E-state index contributed by atoms with van der Waals surface area (Å²) in [6, 6.07) is 10.8. The Labute approximate surface area is 122 Å². The van der Waals surface area contributed by atoms with Gasteiger partial charge in [0.05, 0.1) is 13.7 Å². The van der Waals surface area contributed by atoms with Gasteiger partial charge in [0, 0.05) is 5.69 Å². The molecule has 0 saturated heterocycles. The van der Waals surface area contributed by atoms with Crippen molar-refractivity contribution < 1.29 is 14.3 Å². The number of carbonyl (C=O) groups excluding carboxylic acids is 1. The number of rotatable bonds is 5. The van der Waals surface area contributed by atoms with Crippen molar-refractivity contribution >= 4 is 23.4 Å². The molecule has 0 radical (unpaired) electrons. The topological polar surface area (TPSA) is 85.4 Å². The number of carbonyl (C=O) groups is 1. The molecule has 0 aliphatic heterocycles. The van der Waals surface area contributed by atoms with Gasteiger partial charge in [0.1, 0.15) is 5.75 Å². The molecule has 110 valence electrons. The summed E-state index contributed by atoms with van der Waals surface area (Å²) in [5.74, 6) is 1.69. The molecule has 0 spiro atoms. The van der Waals surface area contributed by atoms with Crippen LogP contribution < -0.4 is 15.4 Å². The zero-order chi connectivity index (χ0) is 15.1. The summed E-state index contributed by atoms with van der Waals surface area (Å²) < 4.78 is 9.83. The Bertz CT molecular complexity index is 584. The molecular weight excluding hydrogens is 272 g/mol. The molecule has 0 atom stereocenters. The van der Waals surface area contributed by atoms with Crippen molar-refractivity contribution in [1.29, 1.82) is 0 Å². The Morgan fingerprint density at radius 3 is 2.33 bits per heavy atom. The quantitative estimate of drug-likeness (QED) is 0.880. The molecule has 2 aromatic rings. The third kappa shape index (κ3) is 4.34. The Balaban J connectivity index is 1.97. The lowest BCUT2D eigenvalue weighted by molar-refractivity contribution is 0.187. The van der Waals surface area contributed by atoms with E-state index in [9.17, 15) is 4.79 Å². The molecule has 1 aromatic heterocycles. The summed E-state index contributed by atoms with van der Waals surface area (Å²) in [5, 5.41) is 13.3. The SMILES string of the molecule is CCOc1ccc(Nc2ccc(NC(=O)OC)nn2)cc1. The molecule has 1 heterocycles. The molecule has 7 nitrogen and oxygen atoms in total. The molecule has 0 fully saturated rings. The standard InChI is InChI=1S/C14H16N4O3/c1-3-21-11-6-4-10(5-7-11)15-12-8-9-13(18-17-12)16-14(19)20-2/h4-9H,3H2,1-2H3,(H,15,17)(H,16,18,19). The van der Waals surface area contributed by atoms with Crippen LogP contribution >= 0.6 is 0 Å². The fraction of sp³-hybridized carbons (Fsp3) is 0.214. The largest absolute Gasteiger partial charge is 0.494 e. The Hall–Kier alpha value is -2.83. The van der Waals surface area contributed by atoms with Crippen LogP contribution in [0.15, 0.2) is 36.4 Å². The van der Waals surface area contributed by atoms with Gasteiger partial charge in [-0.05, 0) is 43.3 Å². The number of benzene rings is 1. The van der Waals surface area contributed by atoms with Crippen molar-refractivity contribution in [2.24, 2.45) is 0 Å². The Morgan fingerprint density at radius 2 is 1.76 bits per heavy atom. The lowest BCUT2D eigenvalue weighted by Crippen LogP contribution is -2.12. The van der Waals surface area contributed by atoms with Gasteiger partial charge in [-0.3, -0.25) is 5.32 Å². The Kier molecular flexibility index (Phi) is 4.92. The van der Waals surface area contributed by atoms with Gasteiger partial charge in [0.2, 0.25) is 0 Å². The van der Waals surface area contributed by atoms with E-state index in [1.807, 2.05) is 31.2 Å². The molecule has 0 saturated carbocycles. The van der Waals surface area contributed by atoms with Crippen LogP contribution in [0.3, 0.4) is 0 Å². The van der Waals surface area contributed by atoms with E-state index in [1.54, 1.807) is 12.1 Å². The molecule has 1 aromatic carbocycles. The number of amides is 1. The zero-order valence-electron chi connectivity index (χ0n) is 11.8. The zero-order valence-corrected chi connectivity index (χ0v) is 11.8. The van der Waals surface area contributed by atoms with E-state index in [0.717, 1.165) is 11.4 Å². The van der Waals surface area contributed by atoms with Gasteiger partial charge in [-0.25, -0.2) is 4.79 Å². The molecule has 0 bridgehead atoms. The van der Waals surface area contributed by atoms with E-state index < -0.39 is 6.09 Å². The fourth-order valence-corrected chi connectivity index (χ4v) is 1.57. The lowest BCUT2D eigenvalue weighted by Gasteiger charge is -2.07.